The maximum absolute atomic E-state index is 2.79. The SMILES string of the molecule is [SeH]P(c1ccccc1)c1ccccc1. The van der Waals surface area contributed by atoms with E-state index >= 15 is 0 Å². The molecule has 0 aliphatic heterocycles. The second kappa shape index (κ2) is 4.75. The van der Waals surface area contributed by atoms with Crippen LogP contribution in [0.1, 0.15) is 0 Å². The van der Waals surface area contributed by atoms with Crippen molar-refractivity contribution >= 4 is 32.8 Å². The van der Waals surface area contributed by atoms with Crippen LogP contribution in [0.3, 0.4) is 0 Å². The summed E-state index contributed by atoms with van der Waals surface area (Å²) in [6, 6.07) is 21.3. The van der Waals surface area contributed by atoms with Gasteiger partial charge in [-0.2, -0.15) is 0 Å². The van der Waals surface area contributed by atoms with Gasteiger partial charge in [0.2, 0.25) is 0 Å². The van der Waals surface area contributed by atoms with Crippen molar-refractivity contribution in [1.29, 1.82) is 0 Å². The molecule has 2 aromatic carbocycles. The van der Waals surface area contributed by atoms with Gasteiger partial charge in [-0.3, -0.25) is 0 Å². The molecule has 0 saturated heterocycles. The molecule has 0 bridgehead atoms. The maximum atomic E-state index is 2.79. The Hall–Kier alpha value is -0.611. The number of rotatable bonds is 2. The average Bonchev–Trinajstić information content (AvgIpc) is 2.30. The van der Waals surface area contributed by atoms with Gasteiger partial charge < -0.3 is 0 Å². The van der Waals surface area contributed by atoms with E-state index in [1.807, 2.05) is 0 Å². The van der Waals surface area contributed by atoms with Crippen LogP contribution in [-0.4, -0.2) is 15.6 Å². The summed E-state index contributed by atoms with van der Waals surface area (Å²) in [5.41, 5.74) is 0. The fraction of sp³-hybridized carbons (Fsp3) is 0. The zero-order valence-corrected chi connectivity index (χ0v) is 10.4. The molecular weight excluding hydrogens is 254 g/mol. The van der Waals surface area contributed by atoms with E-state index in [1.165, 1.54) is 10.6 Å². The van der Waals surface area contributed by atoms with E-state index in [2.05, 4.69) is 76.2 Å². The average molecular weight is 265 g/mol. The molecule has 0 atom stereocenters. The van der Waals surface area contributed by atoms with Gasteiger partial charge in [0.1, 0.15) is 0 Å². The Kier molecular flexibility index (Phi) is 3.37. The fourth-order valence-corrected chi connectivity index (χ4v) is 4.17. The van der Waals surface area contributed by atoms with Crippen LogP contribution in [0.5, 0.6) is 0 Å². The first-order chi connectivity index (χ1) is 6.88. The van der Waals surface area contributed by atoms with Gasteiger partial charge in [-0.1, -0.05) is 0 Å². The minimum atomic E-state index is -0.233. The minimum absolute atomic E-state index is 0.233. The van der Waals surface area contributed by atoms with Crippen LogP contribution in [0.25, 0.3) is 0 Å². The molecule has 14 heavy (non-hydrogen) atoms. The van der Waals surface area contributed by atoms with E-state index < -0.39 is 0 Å². The normalized spacial score (nSPS) is 10.4. The van der Waals surface area contributed by atoms with E-state index in [9.17, 15) is 0 Å². The van der Waals surface area contributed by atoms with E-state index in [4.69, 9.17) is 0 Å². The topological polar surface area (TPSA) is 0 Å². The first-order valence-corrected chi connectivity index (χ1v) is 8.28. The molecule has 0 saturated carbocycles. The molecule has 70 valence electrons. The van der Waals surface area contributed by atoms with Gasteiger partial charge in [0, 0.05) is 0 Å². The predicted molar refractivity (Wildman–Crippen MR) is 66.2 cm³/mol. The molecule has 0 heterocycles. The molecule has 0 N–H and O–H groups in total. The Bertz CT molecular complexity index is 346. The summed E-state index contributed by atoms with van der Waals surface area (Å²) in [7, 11) is 0. The first-order valence-electron chi connectivity index (χ1n) is 4.47. The van der Waals surface area contributed by atoms with Crippen molar-refractivity contribution in [3.8, 4) is 0 Å². The number of benzene rings is 2. The van der Waals surface area contributed by atoms with Crippen molar-refractivity contribution in [2.24, 2.45) is 0 Å². The van der Waals surface area contributed by atoms with Gasteiger partial charge >= 0.3 is 93.5 Å². The molecule has 0 spiro atoms. The summed E-state index contributed by atoms with van der Waals surface area (Å²) in [5.74, 6) is 0. The zero-order valence-electron chi connectivity index (χ0n) is 7.67. The molecule has 0 nitrogen and oxygen atoms in total. The molecule has 0 radical (unpaired) electrons. The first kappa shape index (κ1) is 9.93. The number of hydrogen-bond acceptors (Lipinski definition) is 0. The van der Waals surface area contributed by atoms with Crippen LogP contribution in [-0.2, 0) is 0 Å². The van der Waals surface area contributed by atoms with Crippen molar-refractivity contribution < 1.29 is 0 Å². The second-order valence-electron chi connectivity index (χ2n) is 2.98. The third kappa shape index (κ3) is 2.25. The van der Waals surface area contributed by atoms with Crippen molar-refractivity contribution in [1.82, 2.24) is 0 Å². The fourth-order valence-electron chi connectivity index (χ4n) is 1.29. The van der Waals surface area contributed by atoms with Gasteiger partial charge in [0.25, 0.3) is 0 Å². The van der Waals surface area contributed by atoms with Gasteiger partial charge in [0.15, 0.2) is 0 Å². The van der Waals surface area contributed by atoms with Crippen LogP contribution in [0.4, 0.5) is 0 Å². The molecule has 2 rings (SSSR count). The van der Waals surface area contributed by atoms with Gasteiger partial charge in [-0.15, -0.1) is 0 Å². The Morgan fingerprint density at radius 3 is 1.36 bits per heavy atom. The summed E-state index contributed by atoms with van der Waals surface area (Å²) in [5, 5.41) is 2.82. The zero-order chi connectivity index (χ0) is 9.80. The summed E-state index contributed by atoms with van der Waals surface area (Å²) >= 11 is 2.79. The summed E-state index contributed by atoms with van der Waals surface area (Å²) in [6.45, 7) is -0.233. The van der Waals surface area contributed by atoms with E-state index in [1.54, 1.807) is 0 Å². The Morgan fingerprint density at radius 2 is 1.00 bits per heavy atom. The molecule has 0 fully saturated rings. The summed E-state index contributed by atoms with van der Waals surface area (Å²) < 4.78 is 0. The van der Waals surface area contributed by atoms with Crippen molar-refractivity contribution in [3.05, 3.63) is 60.7 Å². The molecule has 0 aromatic heterocycles. The van der Waals surface area contributed by atoms with Crippen LogP contribution in [0.15, 0.2) is 60.7 Å². The predicted octanol–water partition coefficient (Wildman–Crippen LogP) is 1.94. The van der Waals surface area contributed by atoms with E-state index in [0.29, 0.717) is 0 Å². The Labute approximate surface area is 93.5 Å². The second-order valence-corrected chi connectivity index (χ2v) is 7.16. The number of hydrogen-bond donors (Lipinski definition) is 0. The van der Waals surface area contributed by atoms with E-state index in [-0.39, 0.29) is 6.61 Å². The Morgan fingerprint density at radius 1 is 0.643 bits per heavy atom. The third-order valence-corrected chi connectivity index (χ3v) is 6.48. The Balaban J connectivity index is 2.30. The monoisotopic (exact) mass is 266 g/mol. The molecule has 2 heteroatoms. The third-order valence-electron chi connectivity index (χ3n) is 2.00. The van der Waals surface area contributed by atoms with Crippen LogP contribution in [0.2, 0.25) is 0 Å². The molecule has 2 aromatic rings. The van der Waals surface area contributed by atoms with Crippen LogP contribution in [0, 0.1) is 0 Å². The molecular formula is C12H11PSe. The molecule has 0 amide bonds. The molecule has 0 aliphatic carbocycles. The van der Waals surface area contributed by atoms with Crippen molar-refractivity contribution in [3.63, 3.8) is 0 Å². The summed E-state index contributed by atoms with van der Waals surface area (Å²) in [4.78, 5) is 0. The molecule has 0 unspecified atom stereocenters. The quantitative estimate of drug-likeness (QED) is 0.575. The van der Waals surface area contributed by atoms with Gasteiger partial charge in [0.05, 0.1) is 0 Å². The van der Waals surface area contributed by atoms with Gasteiger partial charge in [-0.05, 0) is 0 Å². The molecule has 0 aliphatic rings. The van der Waals surface area contributed by atoms with E-state index in [0.717, 1.165) is 0 Å². The standard InChI is InChI=1S/C12H11PSe/c14-13(11-7-3-1-4-8-11)12-9-5-2-6-10-12/h1-10,14H. The van der Waals surface area contributed by atoms with Crippen molar-refractivity contribution in [2.45, 2.75) is 0 Å². The van der Waals surface area contributed by atoms with Gasteiger partial charge in [-0.25, -0.2) is 0 Å². The van der Waals surface area contributed by atoms with Crippen LogP contribution >= 0.6 is 6.61 Å². The summed E-state index contributed by atoms with van der Waals surface area (Å²) in [6.07, 6.45) is 0. The van der Waals surface area contributed by atoms with Crippen molar-refractivity contribution in [2.75, 3.05) is 0 Å². The van der Waals surface area contributed by atoms with Crippen LogP contribution < -0.4 is 10.6 Å².